The lowest BCUT2D eigenvalue weighted by atomic mass is 10.1. The highest BCUT2D eigenvalue weighted by atomic mass is 19.3. The Hall–Kier alpha value is -2.23. The Bertz CT molecular complexity index is 562. The van der Waals surface area contributed by atoms with Crippen LogP contribution in [-0.2, 0) is 11.4 Å². The van der Waals surface area contributed by atoms with Crippen molar-refractivity contribution < 1.29 is 13.6 Å². The zero-order chi connectivity index (χ0) is 14.4. The second-order valence-corrected chi connectivity index (χ2v) is 4.38. The molecule has 1 radical (unpaired) electrons. The molecule has 0 bridgehead atoms. The predicted molar refractivity (Wildman–Crippen MR) is 73.9 cm³/mol. The van der Waals surface area contributed by atoms with Gasteiger partial charge >= 0.3 is 0 Å². The van der Waals surface area contributed by atoms with Crippen LogP contribution in [0.2, 0.25) is 0 Å². The lowest BCUT2D eigenvalue weighted by Gasteiger charge is -2.02. The van der Waals surface area contributed by atoms with Gasteiger partial charge in [0.25, 0.3) is 6.43 Å². The van der Waals surface area contributed by atoms with Crippen LogP contribution in [0.1, 0.15) is 28.7 Å². The minimum absolute atomic E-state index is 0.00321. The molecular weight excluding hydrogens is 260 g/mol. The van der Waals surface area contributed by atoms with Crippen molar-refractivity contribution in [3.05, 3.63) is 70.8 Å². The summed E-state index contributed by atoms with van der Waals surface area (Å²) in [5.74, 6) is 0. The maximum atomic E-state index is 12.4. The van der Waals surface area contributed by atoms with E-state index < -0.39 is 6.43 Å². The highest BCUT2D eigenvalue weighted by Crippen LogP contribution is 2.18. The van der Waals surface area contributed by atoms with Crippen molar-refractivity contribution in [3.63, 3.8) is 0 Å². The molecule has 0 N–H and O–H groups in total. The van der Waals surface area contributed by atoms with E-state index in [0.29, 0.717) is 0 Å². The second-order valence-electron chi connectivity index (χ2n) is 4.38. The average molecular weight is 274 g/mol. The van der Waals surface area contributed by atoms with E-state index in [1.54, 1.807) is 12.1 Å². The molecule has 0 aliphatic carbocycles. The van der Waals surface area contributed by atoms with Crippen LogP contribution in [0.25, 0.3) is 0 Å². The Morgan fingerprint density at radius 3 is 2.30 bits per heavy atom. The van der Waals surface area contributed by atoms with E-state index in [4.69, 9.17) is 4.84 Å². The Kier molecular flexibility index (Phi) is 4.82. The Balaban J connectivity index is 1.84. The van der Waals surface area contributed by atoms with E-state index in [1.807, 2.05) is 31.2 Å². The van der Waals surface area contributed by atoms with Gasteiger partial charge in [0.1, 0.15) is 12.8 Å². The molecule has 0 saturated heterocycles. The summed E-state index contributed by atoms with van der Waals surface area (Å²) in [6, 6.07) is 13.7. The minimum atomic E-state index is -2.45. The first-order valence-corrected chi connectivity index (χ1v) is 6.17. The van der Waals surface area contributed by atoms with E-state index in [2.05, 4.69) is 11.4 Å². The number of rotatable bonds is 5. The van der Waals surface area contributed by atoms with Gasteiger partial charge in [0.05, 0.1) is 0 Å². The second kappa shape index (κ2) is 6.80. The third kappa shape index (κ3) is 4.16. The van der Waals surface area contributed by atoms with Crippen LogP contribution >= 0.6 is 0 Å². The lowest BCUT2D eigenvalue weighted by Crippen LogP contribution is -1.90. The third-order valence-electron chi connectivity index (χ3n) is 2.75. The van der Waals surface area contributed by atoms with Crippen LogP contribution in [0.3, 0.4) is 0 Å². The number of aryl methyl sites for hydroxylation is 1. The molecule has 4 heteroatoms. The van der Waals surface area contributed by atoms with Crippen LogP contribution < -0.4 is 0 Å². The SMILES string of the molecule is Cc1ccc(/[C]=N\OCc2ccc(C(F)F)cc2)cc1. The Morgan fingerprint density at radius 1 is 1.05 bits per heavy atom. The topological polar surface area (TPSA) is 21.6 Å². The molecule has 0 saturated carbocycles. The van der Waals surface area contributed by atoms with Crippen molar-refractivity contribution in [1.29, 1.82) is 0 Å². The fourth-order valence-corrected chi connectivity index (χ4v) is 1.58. The maximum absolute atomic E-state index is 12.4. The molecule has 2 nitrogen and oxygen atoms in total. The lowest BCUT2D eigenvalue weighted by molar-refractivity contribution is 0.131. The molecule has 20 heavy (non-hydrogen) atoms. The van der Waals surface area contributed by atoms with Crippen LogP contribution in [0.15, 0.2) is 53.7 Å². The molecule has 103 valence electrons. The van der Waals surface area contributed by atoms with Gasteiger partial charge < -0.3 is 4.84 Å². The van der Waals surface area contributed by atoms with Crippen molar-refractivity contribution in [3.8, 4) is 0 Å². The van der Waals surface area contributed by atoms with E-state index in [-0.39, 0.29) is 12.2 Å². The van der Waals surface area contributed by atoms with Gasteiger partial charge in [-0.15, -0.1) is 0 Å². The first-order valence-electron chi connectivity index (χ1n) is 6.17. The average Bonchev–Trinajstić information content (AvgIpc) is 2.46. The van der Waals surface area contributed by atoms with Crippen LogP contribution in [0, 0.1) is 6.92 Å². The third-order valence-corrected chi connectivity index (χ3v) is 2.75. The Morgan fingerprint density at radius 2 is 1.70 bits per heavy atom. The summed E-state index contributed by atoms with van der Waals surface area (Å²) in [5.41, 5.74) is 2.77. The largest absolute Gasteiger partial charge is 0.390 e. The highest BCUT2D eigenvalue weighted by molar-refractivity contribution is 5.79. The number of nitrogens with zero attached hydrogens (tertiary/aromatic N) is 1. The number of hydrogen-bond donors (Lipinski definition) is 0. The molecule has 2 aromatic carbocycles. The van der Waals surface area contributed by atoms with Gasteiger partial charge in [-0.25, -0.2) is 8.78 Å². The van der Waals surface area contributed by atoms with Crippen LogP contribution in [-0.4, -0.2) is 6.21 Å². The maximum Gasteiger partial charge on any atom is 0.263 e. The standard InChI is InChI=1S/C16H14F2NO/c1-12-2-4-13(5-3-12)10-19-20-11-14-6-8-15(9-7-14)16(17)18/h2-9,16H,11H2,1H3. The molecule has 0 aromatic heterocycles. The summed E-state index contributed by atoms with van der Waals surface area (Å²) in [6.45, 7) is 2.23. The molecule has 0 amide bonds. The molecule has 0 fully saturated rings. The van der Waals surface area contributed by atoms with Gasteiger partial charge in [0, 0.05) is 11.1 Å². The summed E-state index contributed by atoms with van der Waals surface area (Å²) < 4.78 is 24.7. The van der Waals surface area contributed by atoms with E-state index in [9.17, 15) is 8.78 Å². The van der Waals surface area contributed by atoms with Gasteiger partial charge in [0.2, 0.25) is 0 Å². The summed E-state index contributed by atoms with van der Waals surface area (Å²) in [7, 11) is 0. The molecule has 0 aliphatic rings. The molecule has 0 spiro atoms. The Labute approximate surface area is 116 Å². The molecule has 2 aromatic rings. The monoisotopic (exact) mass is 274 g/mol. The molecule has 0 atom stereocenters. The van der Waals surface area contributed by atoms with Gasteiger partial charge in [-0.3, -0.25) is 0 Å². The fourth-order valence-electron chi connectivity index (χ4n) is 1.58. The summed E-state index contributed by atoms with van der Waals surface area (Å²) >= 11 is 0. The van der Waals surface area contributed by atoms with Crippen molar-refractivity contribution >= 4 is 6.21 Å². The van der Waals surface area contributed by atoms with E-state index in [0.717, 1.165) is 16.7 Å². The molecule has 2 rings (SSSR count). The van der Waals surface area contributed by atoms with Crippen LogP contribution in [0.5, 0.6) is 0 Å². The van der Waals surface area contributed by atoms with E-state index in [1.165, 1.54) is 12.1 Å². The van der Waals surface area contributed by atoms with Gasteiger partial charge in [-0.1, -0.05) is 59.3 Å². The highest BCUT2D eigenvalue weighted by Gasteiger charge is 2.05. The normalized spacial score (nSPS) is 11.2. The quantitative estimate of drug-likeness (QED) is 0.586. The summed E-state index contributed by atoms with van der Waals surface area (Å²) in [5, 5.41) is 3.73. The fraction of sp³-hybridized carbons (Fsp3) is 0.188. The van der Waals surface area contributed by atoms with Gasteiger partial charge in [-0.05, 0) is 12.5 Å². The van der Waals surface area contributed by atoms with Crippen LogP contribution in [0.4, 0.5) is 8.78 Å². The predicted octanol–water partition coefficient (Wildman–Crippen LogP) is 4.36. The first-order chi connectivity index (χ1) is 9.65. The molecule has 0 unspecified atom stereocenters. The van der Waals surface area contributed by atoms with E-state index >= 15 is 0 Å². The number of alkyl halides is 2. The van der Waals surface area contributed by atoms with Crippen molar-refractivity contribution in [2.45, 2.75) is 20.0 Å². The molecular formula is C16H14F2NO. The molecule has 0 aliphatic heterocycles. The summed E-state index contributed by atoms with van der Waals surface area (Å²) in [6.07, 6.45) is 0.308. The van der Waals surface area contributed by atoms with Crippen molar-refractivity contribution in [1.82, 2.24) is 0 Å². The molecule has 0 heterocycles. The van der Waals surface area contributed by atoms with Gasteiger partial charge in [-0.2, -0.15) is 0 Å². The number of halogens is 2. The minimum Gasteiger partial charge on any atom is -0.390 e. The zero-order valence-electron chi connectivity index (χ0n) is 11.0. The zero-order valence-corrected chi connectivity index (χ0v) is 11.0. The van der Waals surface area contributed by atoms with Gasteiger partial charge in [0.15, 0.2) is 0 Å². The first kappa shape index (κ1) is 14.2. The summed E-state index contributed by atoms with van der Waals surface area (Å²) in [4.78, 5) is 5.08. The van der Waals surface area contributed by atoms with Crippen molar-refractivity contribution in [2.75, 3.05) is 0 Å². The van der Waals surface area contributed by atoms with Crippen molar-refractivity contribution in [2.24, 2.45) is 5.16 Å². The number of hydrogen-bond acceptors (Lipinski definition) is 2. The smallest absolute Gasteiger partial charge is 0.263 e. The number of benzene rings is 2.